The van der Waals surface area contributed by atoms with Crippen molar-refractivity contribution in [1.29, 1.82) is 0 Å². The molecule has 3 N–H and O–H groups in total. The van der Waals surface area contributed by atoms with Crippen LogP contribution in [0.4, 0.5) is 4.39 Å². The zero-order valence-electron chi connectivity index (χ0n) is 10.2. The van der Waals surface area contributed by atoms with Gasteiger partial charge in [-0.05, 0) is 34.5 Å². The van der Waals surface area contributed by atoms with Gasteiger partial charge in [0.15, 0.2) is 0 Å². The third kappa shape index (κ3) is 3.35. The molecule has 1 amide bonds. The average molecular weight is 367 g/mol. The minimum absolute atomic E-state index is 0.110. The van der Waals surface area contributed by atoms with Crippen molar-refractivity contribution < 1.29 is 22.3 Å². The molecule has 0 spiro atoms. The lowest BCUT2D eigenvalue weighted by molar-refractivity contribution is 0.0929. The van der Waals surface area contributed by atoms with Crippen LogP contribution in [-0.4, -0.2) is 33.6 Å². The van der Waals surface area contributed by atoms with Crippen molar-refractivity contribution in [2.45, 2.75) is 17.4 Å². The van der Waals surface area contributed by atoms with Gasteiger partial charge in [-0.2, -0.15) is 0 Å². The van der Waals surface area contributed by atoms with E-state index < -0.39 is 26.6 Å². The number of nitrogens with one attached hydrogen (secondary N) is 1. The molecule has 6 nitrogen and oxygen atoms in total. The van der Waals surface area contributed by atoms with E-state index in [1.165, 1.54) is 0 Å². The summed E-state index contributed by atoms with van der Waals surface area (Å²) in [5.74, 6) is -1.44. The van der Waals surface area contributed by atoms with Gasteiger partial charge in [0, 0.05) is 12.2 Å². The number of ether oxygens (including phenoxy) is 1. The lowest BCUT2D eigenvalue weighted by Gasteiger charge is -2.12. The molecular formula is C11H12BrFN2O4S. The standard InChI is InChI=1S/C11H12BrFN2O4S/c12-10-8(13)3-6(4-9(10)20(14,17)18)11(16)15-7-1-2-19-5-7/h3-4,7H,1-2,5H2,(H,15,16)(H2,14,17,18). The van der Waals surface area contributed by atoms with Crippen LogP contribution in [-0.2, 0) is 14.8 Å². The van der Waals surface area contributed by atoms with E-state index in [9.17, 15) is 17.6 Å². The SMILES string of the molecule is NS(=O)(=O)c1cc(C(=O)NC2CCOC2)cc(F)c1Br. The summed E-state index contributed by atoms with van der Waals surface area (Å²) in [4.78, 5) is 11.5. The Labute approximate surface area is 123 Å². The Hall–Kier alpha value is -1.03. The number of hydrogen-bond donors (Lipinski definition) is 2. The number of benzene rings is 1. The van der Waals surface area contributed by atoms with E-state index in [0.29, 0.717) is 19.6 Å². The molecule has 0 aromatic heterocycles. The molecule has 1 aliphatic rings. The Bertz CT molecular complexity index is 644. The molecule has 1 fully saturated rings. The van der Waals surface area contributed by atoms with Gasteiger partial charge in [-0.3, -0.25) is 4.79 Å². The molecular weight excluding hydrogens is 355 g/mol. The minimum atomic E-state index is -4.13. The summed E-state index contributed by atoms with van der Waals surface area (Å²) in [7, 11) is -4.13. The van der Waals surface area contributed by atoms with E-state index in [4.69, 9.17) is 9.88 Å². The molecule has 0 aliphatic carbocycles. The third-order valence-corrected chi connectivity index (χ3v) is 4.83. The first kappa shape index (κ1) is 15.4. The summed E-state index contributed by atoms with van der Waals surface area (Å²) in [5.41, 5.74) is -0.110. The first-order valence-corrected chi connectivity index (χ1v) is 8.03. The lowest BCUT2D eigenvalue weighted by Crippen LogP contribution is -2.35. The molecule has 9 heteroatoms. The summed E-state index contributed by atoms with van der Waals surface area (Å²) < 4.78 is 41.2. The molecule has 1 heterocycles. The highest BCUT2D eigenvalue weighted by atomic mass is 79.9. The normalized spacial score (nSPS) is 19.1. The number of primary sulfonamides is 1. The van der Waals surface area contributed by atoms with E-state index in [2.05, 4.69) is 21.2 Å². The van der Waals surface area contributed by atoms with E-state index in [-0.39, 0.29) is 16.1 Å². The number of sulfonamides is 1. The molecule has 110 valence electrons. The van der Waals surface area contributed by atoms with Gasteiger partial charge in [0.05, 0.1) is 22.0 Å². The van der Waals surface area contributed by atoms with Gasteiger partial charge in [0.1, 0.15) is 5.82 Å². The first-order valence-electron chi connectivity index (χ1n) is 5.69. The van der Waals surface area contributed by atoms with Gasteiger partial charge in [-0.15, -0.1) is 0 Å². The van der Waals surface area contributed by atoms with Crippen molar-refractivity contribution in [3.63, 3.8) is 0 Å². The van der Waals surface area contributed by atoms with Gasteiger partial charge < -0.3 is 10.1 Å². The molecule has 20 heavy (non-hydrogen) atoms. The van der Waals surface area contributed by atoms with Crippen LogP contribution >= 0.6 is 15.9 Å². The smallest absolute Gasteiger partial charge is 0.251 e. The van der Waals surface area contributed by atoms with Crippen LogP contribution in [0.3, 0.4) is 0 Å². The predicted octanol–water partition coefficient (Wildman–Crippen LogP) is 0.754. The Morgan fingerprint density at radius 2 is 2.20 bits per heavy atom. The number of hydrogen-bond acceptors (Lipinski definition) is 4. The molecule has 1 unspecified atom stereocenters. The second kappa shape index (κ2) is 5.76. The van der Waals surface area contributed by atoms with Crippen LogP contribution in [0.1, 0.15) is 16.8 Å². The summed E-state index contributed by atoms with van der Waals surface area (Å²) in [6, 6.07) is 1.82. The van der Waals surface area contributed by atoms with Crippen molar-refractivity contribution >= 4 is 31.9 Å². The van der Waals surface area contributed by atoms with Crippen molar-refractivity contribution in [2.24, 2.45) is 5.14 Å². The Kier molecular flexibility index (Phi) is 4.43. The van der Waals surface area contributed by atoms with Crippen LogP contribution < -0.4 is 10.5 Å². The fraction of sp³-hybridized carbons (Fsp3) is 0.364. The highest BCUT2D eigenvalue weighted by Gasteiger charge is 2.23. The van der Waals surface area contributed by atoms with Crippen LogP contribution in [0.25, 0.3) is 0 Å². The topological polar surface area (TPSA) is 98.5 Å². The number of carbonyl (C=O) groups excluding carboxylic acids is 1. The van der Waals surface area contributed by atoms with Gasteiger partial charge >= 0.3 is 0 Å². The van der Waals surface area contributed by atoms with Crippen LogP contribution in [0.15, 0.2) is 21.5 Å². The summed E-state index contributed by atoms with van der Waals surface area (Å²) in [6.07, 6.45) is 0.660. The minimum Gasteiger partial charge on any atom is -0.379 e. The van der Waals surface area contributed by atoms with Gasteiger partial charge in [0.2, 0.25) is 10.0 Å². The highest BCUT2D eigenvalue weighted by Crippen LogP contribution is 2.26. The fourth-order valence-corrected chi connectivity index (χ4v) is 3.36. The van der Waals surface area contributed by atoms with E-state index >= 15 is 0 Å². The monoisotopic (exact) mass is 366 g/mol. The highest BCUT2D eigenvalue weighted by molar-refractivity contribution is 9.10. The van der Waals surface area contributed by atoms with E-state index in [0.717, 1.165) is 12.1 Å². The predicted molar refractivity (Wildman–Crippen MR) is 72.2 cm³/mol. The maximum absolute atomic E-state index is 13.7. The average Bonchev–Trinajstić information content (AvgIpc) is 2.83. The molecule has 0 bridgehead atoms. The van der Waals surface area contributed by atoms with Crippen LogP contribution in [0, 0.1) is 5.82 Å². The molecule has 1 aliphatic heterocycles. The Morgan fingerprint density at radius 1 is 1.50 bits per heavy atom. The number of nitrogens with two attached hydrogens (primary N) is 1. The number of rotatable bonds is 3. The molecule has 0 radical (unpaired) electrons. The largest absolute Gasteiger partial charge is 0.379 e. The van der Waals surface area contributed by atoms with Crippen molar-refractivity contribution in [1.82, 2.24) is 5.32 Å². The zero-order chi connectivity index (χ0) is 14.9. The first-order chi connectivity index (χ1) is 9.29. The third-order valence-electron chi connectivity index (χ3n) is 2.83. The number of amides is 1. The van der Waals surface area contributed by atoms with E-state index in [1.54, 1.807) is 0 Å². The van der Waals surface area contributed by atoms with Crippen LogP contribution in [0.5, 0.6) is 0 Å². The Balaban J connectivity index is 2.32. The molecule has 1 saturated heterocycles. The van der Waals surface area contributed by atoms with Gasteiger partial charge in [0.25, 0.3) is 5.91 Å². The van der Waals surface area contributed by atoms with Gasteiger partial charge in [-0.25, -0.2) is 17.9 Å². The van der Waals surface area contributed by atoms with E-state index in [1.807, 2.05) is 0 Å². The fourth-order valence-electron chi connectivity index (χ4n) is 1.82. The summed E-state index contributed by atoms with van der Waals surface area (Å²) >= 11 is 2.80. The van der Waals surface area contributed by atoms with Crippen molar-refractivity contribution in [3.8, 4) is 0 Å². The lowest BCUT2D eigenvalue weighted by atomic mass is 10.2. The zero-order valence-corrected chi connectivity index (χ0v) is 12.6. The molecule has 1 aromatic rings. The quantitative estimate of drug-likeness (QED) is 0.824. The second-order valence-corrected chi connectivity index (χ2v) is 6.67. The van der Waals surface area contributed by atoms with Crippen LogP contribution in [0.2, 0.25) is 0 Å². The summed E-state index contributed by atoms with van der Waals surface area (Å²) in [5, 5.41) is 7.62. The van der Waals surface area contributed by atoms with Gasteiger partial charge in [-0.1, -0.05) is 0 Å². The molecule has 1 atom stereocenters. The summed E-state index contributed by atoms with van der Waals surface area (Å²) in [6.45, 7) is 0.925. The molecule has 2 rings (SSSR count). The molecule has 1 aromatic carbocycles. The van der Waals surface area contributed by atoms with Crippen molar-refractivity contribution in [3.05, 3.63) is 28.0 Å². The maximum Gasteiger partial charge on any atom is 0.251 e. The Morgan fingerprint density at radius 3 is 2.75 bits per heavy atom. The molecule has 0 saturated carbocycles. The second-order valence-electron chi connectivity index (χ2n) is 4.35. The van der Waals surface area contributed by atoms with Crippen molar-refractivity contribution in [2.75, 3.05) is 13.2 Å². The number of carbonyl (C=O) groups is 1. The number of halogens is 2. The maximum atomic E-state index is 13.7.